The second-order valence-electron chi connectivity index (χ2n) is 3.73. The van der Waals surface area contributed by atoms with E-state index in [2.05, 4.69) is 46.9 Å². The molecule has 0 aliphatic carbocycles. The fraction of sp³-hybridized carbons (Fsp3) is 0.583. The van der Waals surface area contributed by atoms with Gasteiger partial charge >= 0.3 is 0 Å². The average molecular weight is 256 g/mol. The molecule has 0 spiro atoms. The van der Waals surface area contributed by atoms with Crippen LogP contribution < -0.4 is 0 Å². The highest BCUT2D eigenvalue weighted by molar-refractivity contribution is 9.09. The zero-order valence-electron chi connectivity index (χ0n) is 8.91. The molecule has 1 aromatic rings. The Balaban J connectivity index is 2.52. The number of halogens is 1. The summed E-state index contributed by atoms with van der Waals surface area (Å²) in [5.41, 5.74) is 1.37. The molecule has 2 heteroatoms. The van der Waals surface area contributed by atoms with Crippen molar-refractivity contribution in [1.29, 1.82) is 0 Å². The molecule has 1 nitrogen and oxygen atoms in total. The lowest BCUT2D eigenvalue weighted by molar-refractivity contribution is 0.621. The van der Waals surface area contributed by atoms with Crippen molar-refractivity contribution < 1.29 is 0 Å². The lowest BCUT2D eigenvalue weighted by atomic mass is 9.96. The predicted molar refractivity (Wildman–Crippen MR) is 64.9 cm³/mol. The molecule has 1 heterocycles. The van der Waals surface area contributed by atoms with Gasteiger partial charge in [-0.3, -0.25) is 4.98 Å². The molecule has 78 valence electrons. The quantitative estimate of drug-likeness (QED) is 0.721. The zero-order chi connectivity index (χ0) is 10.4. The molecule has 2 unspecified atom stereocenters. The van der Waals surface area contributed by atoms with E-state index < -0.39 is 0 Å². The van der Waals surface area contributed by atoms with E-state index in [1.807, 2.05) is 12.4 Å². The van der Waals surface area contributed by atoms with Crippen LogP contribution in [0.15, 0.2) is 24.5 Å². The van der Waals surface area contributed by atoms with Crippen LogP contribution in [0.2, 0.25) is 0 Å². The Bertz CT molecular complexity index is 248. The van der Waals surface area contributed by atoms with Crippen LogP contribution in [0.4, 0.5) is 0 Å². The Hall–Kier alpha value is -0.370. The number of pyridine rings is 1. The van der Waals surface area contributed by atoms with E-state index in [1.165, 1.54) is 24.8 Å². The van der Waals surface area contributed by atoms with Crippen molar-refractivity contribution >= 4 is 15.9 Å². The first-order chi connectivity index (χ1) is 6.75. The van der Waals surface area contributed by atoms with Gasteiger partial charge in [-0.25, -0.2) is 0 Å². The number of alkyl halides is 1. The van der Waals surface area contributed by atoms with Gasteiger partial charge in [-0.2, -0.15) is 0 Å². The molecule has 0 aromatic carbocycles. The highest BCUT2D eigenvalue weighted by Gasteiger charge is 2.14. The van der Waals surface area contributed by atoms with Gasteiger partial charge < -0.3 is 0 Å². The highest BCUT2D eigenvalue weighted by atomic mass is 79.9. The molecule has 0 aliphatic heterocycles. The first-order valence-corrected chi connectivity index (χ1v) is 6.21. The standard InChI is InChI=1S/C12H18BrN/c1-3-4-5-12(13)10(2)11-6-8-14-9-7-11/h6-10,12H,3-5H2,1-2H3. The lowest BCUT2D eigenvalue weighted by Crippen LogP contribution is -2.08. The highest BCUT2D eigenvalue weighted by Crippen LogP contribution is 2.27. The van der Waals surface area contributed by atoms with Crippen molar-refractivity contribution in [2.45, 2.75) is 43.9 Å². The third kappa shape index (κ3) is 3.41. The summed E-state index contributed by atoms with van der Waals surface area (Å²) in [5, 5.41) is 0. The summed E-state index contributed by atoms with van der Waals surface area (Å²) in [7, 11) is 0. The number of hydrogen-bond acceptors (Lipinski definition) is 1. The van der Waals surface area contributed by atoms with Crippen molar-refractivity contribution in [2.24, 2.45) is 0 Å². The number of aromatic nitrogens is 1. The predicted octanol–water partition coefficient (Wildman–Crippen LogP) is 4.14. The van der Waals surface area contributed by atoms with Crippen LogP contribution >= 0.6 is 15.9 Å². The van der Waals surface area contributed by atoms with Gasteiger partial charge in [0.15, 0.2) is 0 Å². The van der Waals surface area contributed by atoms with Gasteiger partial charge in [-0.1, -0.05) is 42.6 Å². The lowest BCUT2D eigenvalue weighted by Gasteiger charge is -2.18. The SMILES string of the molecule is CCCCC(Br)C(C)c1ccncc1. The van der Waals surface area contributed by atoms with E-state index in [0.717, 1.165) is 0 Å². The van der Waals surface area contributed by atoms with Crippen LogP contribution in [0.25, 0.3) is 0 Å². The van der Waals surface area contributed by atoms with E-state index in [4.69, 9.17) is 0 Å². The molecule has 1 aromatic heterocycles. The molecule has 2 atom stereocenters. The number of hydrogen-bond donors (Lipinski definition) is 0. The maximum atomic E-state index is 4.03. The molecule has 0 saturated heterocycles. The maximum absolute atomic E-state index is 4.03. The van der Waals surface area contributed by atoms with E-state index in [0.29, 0.717) is 10.7 Å². The molecule has 0 fully saturated rings. The molecule has 0 radical (unpaired) electrons. The molecule has 14 heavy (non-hydrogen) atoms. The number of unbranched alkanes of at least 4 members (excludes halogenated alkanes) is 1. The summed E-state index contributed by atoms with van der Waals surface area (Å²) in [5.74, 6) is 0.574. The molecule has 0 N–H and O–H groups in total. The fourth-order valence-electron chi connectivity index (χ4n) is 1.52. The molecular weight excluding hydrogens is 238 g/mol. The van der Waals surface area contributed by atoms with E-state index in [9.17, 15) is 0 Å². The van der Waals surface area contributed by atoms with Crippen LogP contribution in [-0.4, -0.2) is 9.81 Å². The summed E-state index contributed by atoms with van der Waals surface area (Å²) < 4.78 is 0. The maximum Gasteiger partial charge on any atom is 0.0270 e. The van der Waals surface area contributed by atoms with Gasteiger partial charge in [0.05, 0.1) is 0 Å². The van der Waals surface area contributed by atoms with Gasteiger partial charge in [0.2, 0.25) is 0 Å². The molecule has 1 rings (SSSR count). The third-order valence-electron chi connectivity index (χ3n) is 2.61. The minimum atomic E-state index is 0.574. The topological polar surface area (TPSA) is 12.9 Å². The van der Waals surface area contributed by atoms with Gasteiger partial charge in [0.1, 0.15) is 0 Å². The van der Waals surface area contributed by atoms with Crippen LogP contribution in [0.5, 0.6) is 0 Å². The second-order valence-corrected chi connectivity index (χ2v) is 4.90. The van der Waals surface area contributed by atoms with Gasteiger partial charge in [-0.05, 0) is 30.0 Å². The normalized spacial score (nSPS) is 15.1. The Kier molecular flexibility index (Phi) is 5.16. The smallest absolute Gasteiger partial charge is 0.0270 e. The number of rotatable bonds is 5. The molecule has 0 bridgehead atoms. The van der Waals surface area contributed by atoms with Crippen molar-refractivity contribution in [3.05, 3.63) is 30.1 Å². The van der Waals surface area contributed by atoms with Gasteiger partial charge in [-0.15, -0.1) is 0 Å². The van der Waals surface area contributed by atoms with Crippen LogP contribution in [-0.2, 0) is 0 Å². The summed E-state index contributed by atoms with van der Waals surface area (Å²) in [6, 6.07) is 4.20. The first-order valence-electron chi connectivity index (χ1n) is 5.29. The Morgan fingerprint density at radius 1 is 1.36 bits per heavy atom. The summed E-state index contributed by atoms with van der Waals surface area (Å²) >= 11 is 3.76. The Morgan fingerprint density at radius 3 is 2.57 bits per heavy atom. The first kappa shape index (κ1) is 11.7. The molecule has 0 saturated carbocycles. The van der Waals surface area contributed by atoms with Crippen LogP contribution in [0.1, 0.15) is 44.6 Å². The minimum Gasteiger partial charge on any atom is -0.265 e. The van der Waals surface area contributed by atoms with E-state index >= 15 is 0 Å². The summed E-state index contributed by atoms with van der Waals surface area (Å²) in [6.07, 6.45) is 7.55. The second kappa shape index (κ2) is 6.18. The fourth-order valence-corrected chi connectivity index (χ4v) is 2.15. The average Bonchev–Trinajstić information content (AvgIpc) is 2.26. The van der Waals surface area contributed by atoms with Crippen LogP contribution in [0.3, 0.4) is 0 Å². The number of nitrogens with zero attached hydrogens (tertiary/aromatic N) is 1. The molecule has 0 amide bonds. The van der Waals surface area contributed by atoms with Gasteiger partial charge in [0, 0.05) is 17.2 Å². The summed E-state index contributed by atoms with van der Waals surface area (Å²) in [6.45, 7) is 4.50. The largest absolute Gasteiger partial charge is 0.265 e. The van der Waals surface area contributed by atoms with Crippen LogP contribution in [0, 0.1) is 0 Å². The zero-order valence-corrected chi connectivity index (χ0v) is 10.5. The molecular formula is C12H18BrN. The van der Waals surface area contributed by atoms with E-state index in [1.54, 1.807) is 0 Å². The third-order valence-corrected chi connectivity index (χ3v) is 3.86. The van der Waals surface area contributed by atoms with Crippen molar-refractivity contribution in [2.75, 3.05) is 0 Å². The monoisotopic (exact) mass is 255 g/mol. The molecule has 0 aliphatic rings. The van der Waals surface area contributed by atoms with Gasteiger partial charge in [0.25, 0.3) is 0 Å². The van der Waals surface area contributed by atoms with Crippen molar-refractivity contribution in [1.82, 2.24) is 4.98 Å². The van der Waals surface area contributed by atoms with Crippen molar-refractivity contribution in [3.63, 3.8) is 0 Å². The minimum absolute atomic E-state index is 0.574. The van der Waals surface area contributed by atoms with E-state index in [-0.39, 0.29) is 0 Å². The van der Waals surface area contributed by atoms with Crippen molar-refractivity contribution in [3.8, 4) is 0 Å². The summed E-state index contributed by atoms with van der Waals surface area (Å²) in [4.78, 5) is 4.62. The Morgan fingerprint density at radius 2 is 2.00 bits per heavy atom. The Labute approximate surface area is 95.1 Å².